The van der Waals surface area contributed by atoms with Crippen molar-refractivity contribution >= 4 is 15.8 Å². The molecule has 1 fully saturated rings. The Labute approximate surface area is 147 Å². The van der Waals surface area contributed by atoms with Gasteiger partial charge in [0.05, 0.1) is 51.5 Å². The van der Waals surface area contributed by atoms with Crippen molar-refractivity contribution in [3.05, 3.63) is 42.6 Å². The van der Waals surface area contributed by atoms with E-state index < -0.39 is 10.0 Å². The average Bonchev–Trinajstić information content (AvgIpc) is 2.68. The molecule has 8 heteroatoms. The fourth-order valence-corrected chi connectivity index (χ4v) is 4.31. The number of hydrogen-bond donors (Lipinski definition) is 0. The number of aromatic nitrogens is 1. The predicted octanol–water partition coefficient (Wildman–Crippen LogP) is 1.03. The molecule has 0 bridgehead atoms. The fourth-order valence-electron chi connectivity index (χ4n) is 2.88. The molecule has 1 N–H and O–H groups in total. The smallest absolute Gasteiger partial charge is 0.274 e. The van der Waals surface area contributed by atoms with Crippen molar-refractivity contribution in [2.45, 2.75) is 4.90 Å². The summed E-state index contributed by atoms with van der Waals surface area (Å²) in [6.45, 7) is 2.12. The maximum absolute atomic E-state index is 12.9. The minimum Gasteiger partial charge on any atom is -0.493 e. The number of rotatable bonds is 5. The van der Waals surface area contributed by atoms with E-state index >= 15 is 0 Å². The van der Waals surface area contributed by atoms with Gasteiger partial charge in [0.15, 0.2) is 11.5 Å². The van der Waals surface area contributed by atoms with E-state index in [-0.39, 0.29) is 4.90 Å². The number of piperazine rings is 1. The zero-order valence-electron chi connectivity index (χ0n) is 14.3. The zero-order valence-corrected chi connectivity index (χ0v) is 15.1. The van der Waals surface area contributed by atoms with Crippen molar-refractivity contribution in [2.75, 3.05) is 45.3 Å². The van der Waals surface area contributed by atoms with Gasteiger partial charge in [-0.3, -0.25) is 4.90 Å². The molecular formula is C17H22N3O4S+. The van der Waals surface area contributed by atoms with Crippen molar-refractivity contribution in [3.8, 4) is 11.5 Å². The maximum Gasteiger partial charge on any atom is 0.274 e. The highest BCUT2D eigenvalue weighted by molar-refractivity contribution is 7.89. The lowest BCUT2D eigenvalue weighted by Gasteiger charge is -2.30. The molecule has 1 aliphatic heterocycles. The molecule has 0 saturated carbocycles. The van der Waals surface area contributed by atoms with E-state index in [2.05, 4.69) is 9.88 Å². The minimum atomic E-state index is -3.56. The molecule has 1 aliphatic rings. The quantitative estimate of drug-likeness (QED) is 0.792. The normalized spacial score (nSPS) is 15.8. The number of sulfonamides is 1. The third-order valence-electron chi connectivity index (χ3n) is 4.26. The van der Waals surface area contributed by atoms with Gasteiger partial charge in [0.25, 0.3) is 5.82 Å². The second-order valence-electron chi connectivity index (χ2n) is 5.66. The van der Waals surface area contributed by atoms with Crippen LogP contribution in [-0.4, -0.2) is 53.1 Å². The minimum absolute atomic E-state index is 0.213. The van der Waals surface area contributed by atoms with E-state index in [1.807, 2.05) is 24.4 Å². The predicted molar refractivity (Wildman–Crippen MR) is 93.5 cm³/mol. The summed E-state index contributed by atoms with van der Waals surface area (Å²) in [5, 5.41) is 0. The van der Waals surface area contributed by atoms with Gasteiger partial charge < -0.3 is 9.47 Å². The number of nitrogens with one attached hydrogen (secondary N) is 1. The Morgan fingerprint density at radius 1 is 0.960 bits per heavy atom. The Hall–Kier alpha value is -2.32. The summed E-state index contributed by atoms with van der Waals surface area (Å²) in [5.74, 6) is 1.90. The topological polar surface area (TPSA) is 73.2 Å². The lowest BCUT2D eigenvalue weighted by molar-refractivity contribution is -0.364. The lowest BCUT2D eigenvalue weighted by Crippen LogP contribution is -2.49. The number of anilines is 1. The maximum atomic E-state index is 12.9. The summed E-state index contributed by atoms with van der Waals surface area (Å²) < 4.78 is 37.7. The standard InChI is InChI=1S/C17H21N3O4S/c1-23-15-7-6-14(13-16(15)24-2)25(21,22)20-11-9-19(10-12-20)17-5-3-4-8-18-17/h3-8,13H,9-12H2,1-2H3/p+1. The lowest BCUT2D eigenvalue weighted by atomic mass is 10.3. The molecule has 7 nitrogen and oxygen atoms in total. The van der Waals surface area contributed by atoms with Gasteiger partial charge in [0, 0.05) is 12.1 Å². The largest absolute Gasteiger partial charge is 0.493 e. The molecule has 3 rings (SSSR count). The first-order valence-electron chi connectivity index (χ1n) is 8.00. The molecule has 25 heavy (non-hydrogen) atoms. The van der Waals surface area contributed by atoms with Gasteiger partial charge in [-0.05, 0) is 18.2 Å². The van der Waals surface area contributed by atoms with Crippen LogP contribution in [0.1, 0.15) is 0 Å². The molecule has 0 aliphatic carbocycles. The summed E-state index contributed by atoms with van der Waals surface area (Å²) in [6.07, 6.45) is 1.86. The number of ether oxygens (including phenoxy) is 2. The van der Waals surface area contributed by atoms with Crippen LogP contribution < -0.4 is 19.4 Å². The molecule has 0 amide bonds. The summed E-state index contributed by atoms with van der Waals surface area (Å²) in [6, 6.07) is 10.5. The number of H-pyrrole nitrogens is 1. The van der Waals surface area contributed by atoms with Crippen LogP contribution in [0.25, 0.3) is 0 Å². The van der Waals surface area contributed by atoms with Crippen molar-refractivity contribution in [1.82, 2.24) is 4.31 Å². The summed E-state index contributed by atoms with van der Waals surface area (Å²) in [4.78, 5) is 5.53. The summed E-state index contributed by atoms with van der Waals surface area (Å²) in [7, 11) is -0.555. The van der Waals surface area contributed by atoms with E-state index in [0.29, 0.717) is 37.7 Å². The first-order valence-corrected chi connectivity index (χ1v) is 9.44. The van der Waals surface area contributed by atoms with Crippen molar-refractivity contribution < 1.29 is 22.9 Å². The Morgan fingerprint density at radius 2 is 1.68 bits per heavy atom. The summed E-state index contributed by atoms with van der Waals surface area (Å²) in [5.41, 5.74) is 0. The SMILES string of the molecule is COc1ccc(S(=O)(=O)N2CCN(c3cccc[nH+]3)CC2)cc1OC. The zero-order chi connectivity index (χ0) is 17.9. The molecule has 1 aromatic carbocycles. The van der Waals surface area contributed by atoms with Gasteiger partial charge in [-0.15, -0.1) is 0 Å². The molecule has 2 aromatic rings. The molecule has 0 unspecified atom stereocenters. The molecule has 1 aromatic heterocycles. The Balaban J connectivity index is 1.76. The van der Waals surface area contributed by atoms with Crippen LogP contribution in [0.2, 0.25) is 0 Å². The van der Waals surface area contributed by atoms with Gasteiger partial charge in [0.2, 0.25) is 10.0 Å². The van der Waals surface area contributed by atoms with Gasteiger partial charge >= 0.3 is 0 Å². The van der Waals surface area contributed by atoms with Crippen molar-refractivity contribution in [1.29, 1.82) is 0 Å². The van der Waals surface area contributed by atoms with Crippen LogP contribution in [-0.2, 0) is 10.0 Å². The third kappa shape index (κ3) is 3.54. The molecule has 134 valence electrons. The van der Waals surface area contributed by atoms with Crippen LogP contribution in [0.5, 0.6) is 11.5 Å². The van der Waals surface area contributed by atoms with Crippen LogP contribution in [0, 0.1) is 0 Å². The van der Waals surface area contributed by atoms with E-state index in [1.54, 1.807) is 12.1 Å². The number of methoxy groups -OCH3 is 2. The van der Waals surface area contributed by atoms with Crippen molar-refractivity contribution in [2.24, 2.45) is 0 Å². The van der Waals surface area contributed by atoms with Gasteiger partial charge in [-0.2, -0.15) is 4.31 Å². The molecule has 1 saturated heterocycles. The van der Waals surface area contributed by atoms with E-state index in [1.165, 1.54) is 24.6 Å². The van der Waals surface area contributed by atoms with Crippen LogP contribution in [0.3, 0.4) is 0 Å². The van der Waals surface area contributed by atoms with Crippen molar-refractivity contribution in [3.63, 3.8) is 0 Å². The van der Waals surface area contributed by atoms with E-state index in [0.717, 1.165) is 5.82 Å². The number of nitrogens with zero attached hydrogens (tertiary/aromatic N) is 2. The number of hydrogen-bond acceptors (Lipinski definition) is 5. The molecule has 0 spiro atoms. The van der Waals surface area contributed by atoms with Gasteiger partial charge in [-0.1, -0.05) is 6.07 Å². The number of aromatic amines is 1. The number of pyridine rings is 1. The van der Waals surface area contributed by atoms with Gasteiger partial charge in [0.1, 0.15) is 0 Å². The van der Waals surface area contributed by atoms with Crippen LogP contribution >= 0.6 is 0 Å². The Kier molecular flexibility index (Phi) is 5.10. The van der Waals surface area contributed by atoms with E-state index in [4.69, 9.17) is 9.47 Å². The van der Waals surface area contributed by atoms with Crippen LogP contribution in [0.4, 0.5) is 5.82 Å². The highest BCUT2D eigenvalue weighted by atomic mass is 32.2. The molecule has 2 heterocycles. The van der Waals surface area contributed by atoms with E-state index in [9.17, 15) is 8.42 Å². The molecule has 0 atom stereocenters. The Bertz CT molecular complexity index is 819. The number of benzene rings is 1. The fraction of sp³-hybridized carbons (Fsp3) is 0.353. The first kappa shape index (κ1) is 17.5. The highest BCUT2D eigenvalue weighted by Gasteiger charge is 2.32. The second-order valence-corrected chi connectivity index (χ2v) is 7.59. The summed E-state index contributed by atoms with van der Waals surface area (Å²) >= 11 is 0. The highest BCUT2D eigenvalue weighted by Crippen LogP contribution is 2.31. The van der Waals surface area contributed by atoms with Crippen LogP contribution in [0.15, 0.2) is 47.5 Å². The molecule has 0 radical (unpaired) electrons. The molecular weight excluding hydrogens is 342 g/mol. The second kappa shape index (κ2) is 7.28. The third-order valence-corrected chi connectivity index (χ3v) is 6.16. The monoisotopic (exact) mass is 364 g/mol. The first-order chi connectivity index (χ1) is 12.1. The average molecular weight is 364 g/mol. The van der Waals surface area contributed by atoms with Gasteiger partial charge in [-0.25, -0.2) is 13.4 Å². The Morgan fingerprint density at radius 3 is 2.28 bits per heavy atom.